The number of carbonyl (C=O) groups excluding carboxylic acids is 2. The Morgan fingerprint density at radius 1 is 0.968 bits per heavy atom. The molecule has 1 aliphatic heterocycles. The molecule has 31 heavy (non-hydrogen) atoms. The van der Waals surface area contributed by atoms with Gasteiger partial charge in [-0.3, -0.25) is 9.59 Å². The average molecular weight is 447 g/mol. The molecule has 0 spiro atoms. The van der Waals surface area contributed by atoms with Gasteiger partial charge in [0.1, 0.15) is 36.3 Å². The van der Waals surface area contributed by atoms with Crippen molar-refractivity contribution in [1.29, 1.82) is 0 Å². The zero-order valence-electron chi connectivity index (χ0n) is 16.6. The fourth-order valence-electron chi connectivity index (χ4n) is 4.20. The number of ether oxygens (including phenoxy) is 1. The van der Waals surface area contributed by atoms with E-state index >= 15 is 0 Å². The second-order valence-corrected chi connectivity index (χ2v) is 8.49. The summed E-state index contributed by atoms with van der Waals surface area (Å²) < 4.78 is 5.63. The van der Waals surface area contributed by atoms with Crippen molar-refractivity contribution in [2.45, 2.75) is 49.8 Å². The summed E-state index contributed by atoms with van der Waals surface area (Å²) in [5, 5.41) is 40.3. The van der Waals surface area contributed by atoms with Crippen molar-refractivity contribution in [3.8, 4) is 0 Å². The van der Waals surface area contributed by atoms with Gasteiger partial charge in [-0.2, -0.15) is 0 Å². The van der Waals surface area contributed by atoms with Gasteiger partial charge < -0.3 is 25.2 Å². The monoisotopic (exact) mass is 446 g/mol. The van der Waals surface area contributed by atoms with Crippen molar-refractivity contribution in [3.63, 3.8) is 0 Å². The molecule has 5 atom stereocenters. The third-order valence-electron chi connectivity index (χ3n) is 5.91. The van der Waals surface area contributed by atoms with Gasteiger partial charge in [0.2, 0.25) is 0 Å². The van der Waals surface area contributed by atoms with Gasteiger partial charge in [0.25, 0.3) is 0 Å². The molecule has 4 N–H and O–H groups in total. The third-order valence-corrected chi connectivity index (χ3v) is 6.27. The number of Topliss-reactive ketones (excluding diaryl/α,β-unsaturated/α-hetero) is 2. The molecule has 0 radical (unpaired) electrons. The highest BCUT2D eigenvalue weighted by Crippen LogP contribution is 2.34. The molecule has 1 saturated heterocycles. The molecule has 2 aliphatic rings. The molecule has 0 aromatic heterocycles. The molecule has 1 aliphatic carbocycles. The van der Waals surface area contributed by atoms with Crippen LogP contribution in [0.4, 0.5) is 0 Å². The van der Waals surface area contributed by atoms with E-state index < -0.39 is 37.1 Å². The number of hydrogen-bond donors (Lipinski definition) is 4. The summed E-state index contributed by atoms with van der Waals surface area (Å²) in [5.74, 6) is -0.269. The van der Waals surface area contributed by atoms with Gasteiger partial charge in [-0.15, -0.1) is 0 Å². The maximum absolute atomic E-state index is 12.2. The topological polar surface area (TPSA) is 124 Å². The quantitative estimate of drug-likeness (QED) is 0.519. The minimum atomic E-state index is -1.47. The zero-order chi connectivity index (χ0) is 22.3. The Bertz CT molecular complexity index is 1020. The fourth-order valence-corrected chi connectivity index (χ4v) is 4.39. The van der Waals surface area contributed by atoms with E-state index in [9.17, 15) is 30.0 Å². The Balaban J connectivity index is 1.61. The molecule has 0 amide bonds. The Kier molecular flexibility index (Phi) is 6.25. The van der Waals surface area contributed by atoms with E-state index in [1.54, 1.807) is 30.3 Å². The second kappa shape index (κ2) is 8.78. The number of aliphatic hydroxyl groups is 4. The predicted octanol–water partition coefficient (Wildman–Crippen LogP) is 1.14. The van der Waals surface area contributed by atoms with Crippen LogP contribution in [0.1, 0.15) is 45.1 Å². The number of carbonyl (C=O) groups is 2. The second-order valence-electron chi connectivity index (χ2n) is 8.08. The predicted molar refractivity (Wildman–Crippen MR) is 111 cm³/mol. The molecule has 4 rings (SSSR count). The summed E-state index contributed by atoms with van der Waals surface area (Å²) in [6.07, 6.45) is -5.66. The molecule has 1 fully saturated rings. The van der Waals surface area contributed by atoms with Crippen molar-refractivity contribution in [2.24, 2.45) is 0 Å². The third kappa shape index (κ3) is 4.30. The number of benzene rings is 2. The summed E-state index contributed by atoms with van der Waals surface area (Å²) in [6, 6.07) is 10.5. The van der Waals surface area contributed by atoms with E-state index in [4.69, 9.17) is 16.3 Å². The lowest BCUT2D eigenvalue weighted by molar-refractivity contribution is -0.231. The summed E-state index contributed by atoms with van der Waals surface area (Å²) in [5.41, 5.74) is 3.38. The molecule has 164 valence electrons. The van der Waals surface area contributed by atoms with Crippen molar-refractivity contribution in [2.75, 3.05) is 6.61 Å². The van der Waals surface area contributed by atoms with Crippen LogP contribution in [0.3, 0.4) is 0 Å². The Hall–Kier alpha value is -2.13. The van der Waals surface area contributed by atoms with Crippen LogP contribution in [0, 0.1) is 0 Å². The number of aliphatic hydroxyl groups excluding tert-OH is 4. The summed E-state index contributed by atoms with van der Waals surface area (Å²) in [4.78, 5) is 23.9. The molecule has 0 saturated carbocycles. The van der Waals surface area contributed by atoms with Crippen molar-refractivity contribution in [1.82, 2.24) is 0 Å². The Morgan fingerprint density at radius 3 is 2.48 bits per heavy atom. The molecular weight excluding hydrogens is 424 g/mol. The number of ketones is 2. The first-order valence-corrected chi connectivity index (χ1v) is 10.4. The van der Waals surface area contributed by atoms with Crippen LogP contribution < -0.4 is 0 Å². The maximum Gasteiger partial charge on any atom is 0.170 e. The minimum Gasteiger partial charge on any atom is -0.394 e. The highest BCUT2D eigenvalue weighted by atomic mass is 35.5. The van der Waals surface area contributed by atoms with E-state index in [0.717, 1.165) is 16.7 Å². The zero-order valence-corrected chi connectivity index (χ0v) is 17.3. The van der Waals surface area contributed by atoms with Crippen LogP contribution in [-0.2, 0) is 22.4 Å². The molecule has 2 aromatic carbocycles. The SMILES string of the molecule is O=C1CC(=O)c2cc(Cc3cc([C@@H]4O[C@H](CO)[C@@H](O)[C@H](O)[C@H]4O)ccc3Cl)ccc2C1. The van der Waals surface area contributed by atoms with Crippen molar-refractivity contribution >= 4 is 23.2 Å². The average Bonchev–Trinajstić information content (AvgIpc) is 2.74. The van der Waals surface area contributed by atoms with Crippen molar-refractivity contribution in [3.05, 3.63) is 69.2 Å². The van der Waals surface area contributed by atoms with Crippen LogP contribution in [0.25, 0.3) is 0 Å². The van der Waals surface area contributed by atoms with Gasteiger partial charge in [0.05, 0.1) is 13.0 Å². The molecule has 2 aromatic rings. The van der Waals surface area contributed by atoms with E-state index in [0.29, 0.717) is 22.6 Å². The van der Waals surface area contributed by atoms with Gasteiger partial charge in [-0.05, 0) is 40.8 Å². The van der Waals surface area contributed by atoms with Crippen LogP contribution >= 0.6 is 11.6 Å². The smallest absolute Gasteiger partial charge is 0.170 e. The summed E-state index contributed by atoms with van der Waals surface area (Å²) in [7, 11) is 0. The van der Waals surface area contributed by atoms with E-state index in [1.165, 1.54) is 0 Å². The highest BCUT2D eigenvalue weighted by Gasteiger charge is 2.44. The van der Waals surface area contributed by atoms with E-state index in [2.05, 4.69) is 0 Å². The van der Waals surface area contributed by atoms with Crippen molar-refractivity contribution < 1.29 is 34.8 Å². The number of fused-ring (bicyclic) bond motifs is 1. The van der Waals surface area contributed by atoms with Crippen LogP contribution in [-0.4, -0.2) is 63.0 Å². The van der Waals surface area contributed by atoms with Gasteiger partial charge in [0.15, 0.2) is 5.78 Å². The summed E-state index contributed by atoms with van der Waals surface area (Å²) >= 11 is 6.38. The molecule has 8 heteroatoms. The lowest BCUT2D eigenvalue weighted by Crippen LogP contribution is -2.55. The van der Waals surface area contributed by atoms with Gasteiger partial charge >= 0.3 is 0 Å². The standard InChI is InChI=1S/C23H23ClO7/c24-17-4-3-13(23-22(30)21(29)20(28)19(10-25)31-23)7-14(17)5-11-1-2-12-8-15(26)9-18(27)16(12)6-11/h1-4,6-7,19-23,25,28-30H,5,8-10H2/t19-,20-,21+,22-,23+/m1/s1. The number of halogens is 1. The normalized spacial score (nSPS) is 28.5. The van der Waals surface area contributed by atoms with E-state index in [-0.39, 0.29) is 24.4 Å². The molecule has 0 bridgehead atoms. The highest BCUT2D eigenvalue weighted by molar-refractivity contribution is 6.31. The molecule has 1 heterocycles. The van der Waals surface area contributed by atoms with Gasteiger partial charge in [-0.1, -0.05) is 35.9 Å². The minimum absolute atomic E-state index is 0.0796. The lowest BCUT2D eigenvalue weighted by atomic mass is 9.87. The number of hydrogen-bond acceptors (Lipinski definition) is 7. The molecular formula is C23H23ClO7. The first-order valence-electron chi connectivity index (χ1n) is 10.0. The summed E-state index contributed by atoms with van der Waals surface area (Å²) in [6.45, 7) is -0.506. The van der Waals surface area contributed by atoms with E-state index in [1.807, 2.05) is 6.07 Å². The first-order chi connectivity index (χ1) is 14.8. The molecule has 7 nitrogen and oxygen atoms in total. The number of rotatable bonds is 4. The van der Waals surface area contributed by atoms with Crippen LogP contribution in [0.5, 0.6) is 0 Å². The Morgan fingerprint density at radius 2 is 1.74 bits per heavy atom. The van der Waals surface area contributed by atoms with Gasteiger partial charge in [-0.25, -0.2) is 0 Å². The van der Waals surface area contributed by atoms with Gasteiger partial charge in [0, 0.05) is 17.0 Å². The maximum atomic E-state index is 12.2. The lowest BCUT2D eigenvalue weighted by Gasteiger charge is -2.40. The Labute approximate surface area is 183 Å². The van der Waals surface area contributed by atoms with Crippen LogP contribution in [0.15, 0.2) is 36.4 Å². The largest absolute Gasteiger partial charge is 0.394 e. The van der Waals surface area contributed by atoms with Crippen LogP contribution in [0.2, 0.25) is 5.02 Å². The fraction of sp³-hybridized carbons (Fsp3) is 0.391. The molecule has 0 unspecified atom stereocenters. The first kappa shape index (κ1) is 22.1.